The molecule has 1 fully saturated rings. The van der Waals surface area contributed by atoms with Crippen LogP contribution in [0.4, 0.5) is 0 Å². The lowest BCUT2D eigenvalue weighted by molar-refractivity contribution is 0.0582. The first-order valence-electron chi connectivity index (χ1n) is 8.61. The molecule has 1 aliphatic carbocycles. The molecule has 0 spiro atoms. The summed E-state index contributed by atoms with van der Waals surface area (Å²) in [7, 11) is 0. The van der Waals surface area contributed by atoms with Gasteiger partial charge in [0.2, 0.25) is 0 Å². The fraction of sp³-hybridized carbons (Fsp3) is 0.714. The Morgan fingerprint density at radius 1 is 1.00 bits per heavy atom. The predicted octanol–water partition coefficient (Wildman–Crippen LogP) is 6.86. The molecule has 1 aromatic rings. The van der Waals surface area contributed by atoms with E-state index in [2.05, 4.69) is 73.6 Å². The monoisotopic (exact) mass is 288 g/mol. The van der Waals surface area contributed by atoms with Crippen molar-refractivity contribution < 1.29 is 0 Å². The Hall–Kier alpha value is -0.780. The Labute approximate surface area is 133 Å². The van der Waals surface area contributed by atoms with Crippen molar-refractivity contribution in [1.82, 2.24) is 0 Å². The lowest BCUT2D eigenvalue weighted by Crippen LogP contribution is -2.34. The molecule has 1 saturated carbocycles. The summed E-state index contributed by atoms with van der Waals surface area (Å²) >= 11 is 0. The summed E-state index contributed by atoms with van der Waals surface area (Å²) in [4.78, 5) is 0. The second-order valence-electron chi connectivity index (χ2n) is 8.61. The average molecular weight is 289 g/mol. The predicted molar refractivity (Wildman–Crippen MR) is 95.8 cm³/mol. The van der Waals surface area contributed by atoms with Gasteiger partial charge in [0, 0.05) is 0 Å². The zero-order chi connectivity index (χ0) is 16.3. The minimum Gasteiger partial charge on any atom is -0.0649 e. The van der Waals surface area contributed by atoms with E-state index in [1.807, 2.05) is 0 Å². The molecule has 2 atom stereocenters. The molecule has 0 radical (unpaired) electrons. The number of rotatable bonds is 1. The maximum absolute atomic E-state index is 2.46. The van der Waals surface area contributed by atoms with Crippen molar-refractivity contribution in [3.05, 3.63) is 34.9 Å². The molecular formula is C21H36. The summed E-state index contributed by atoms with van der Waals surface area (Å²) < 4.78 is 0. The van der Waals surface area contributed by atoms with Crippen LogP contribution in [0.25, 0.3) is 0 Å². The van der Waals surface area contributed by atoms with Gasteiger partial charge in [-0.05, 0) is 67.9 Å². The minimum absolute atomic E-state index is 0.586. The summed E-state index contributed by atoms with van der Waals surface area (Å²) in [5.41, 5.74) is 5.32. The smallest absolute Gasteiger partial charge is 0.0321 e. The van der Waals surface area contributed by atoms with Crippen LogP contribution in [0.15, 0.2) is 18.2 Å². The lowest BCUT2D eigenvalue weighted by Gasteiger charge is -2.45. The van der Waals surface area contributed by atoms with E-state index >= 15 is 0 Å². The van der Waals surface area contributed by atoms with Gasteiger partial charge in [-0.15, -0.1) is 0 Å². The van der Waals surface area contributed by atoms with Crippen LogP contribution in [-0.4, -0.2) is 0 Å². The van der Waals surface area contributed by atoms with Gasteiger partial charge in [0.1, 0.15) is 0 Å². The first kappa shape index (κ1) is 18.3. The molecule has 21 heavy (non-hydrogen) atoms. The molecule has 0 heteroatoms. The van der Waals surface area contributed by atoms with Crippen LogP contribution >= 0.6 is 0 Å². The number of hydrogen-bond acceptors (Lipinski definition) is 0. The van der Waals surface area contributed by atoms with Crippen molar-refractivity contribution in [2.24, 2.45) is 16.7 Å². The third-order valence-corrected chi connectivity index (χ3v) is 5.16. The van der Waals surface area contributed by atoms with E-state index in [1.54, 1.807) is 0 Å². The molecule has 0 nitrogen and oxygen atoms in total. The lowest BCUT2D eigenvalue weighted by atomic mass is 9.60. The topological polar surface area (TPSA) is 0 Å². The van der Waals surface area contributed by atoms with Gasteiger partial charge in [-0.1, -0.05) is 64.8 Å². The quantitative estimate of drug-likeness (QED) is 0.529. The SMILES string of the molecule is CCC1(C)CC(C)CC(C)(C)C1.Cc1ccc(C)c(C)c1. The molecule has 120 valence electrons. The molecule has 0 bridgehead atoms. The standard InChI is InChI=1S/C12H24.C9H12/c1-6-12(5)8-10(2)7-11(3,4)9-12;1-7-4-5-8(2)9(3)6-7/h10H,6-9H2,1-5H3;4-6H,1-3H3. The molecule has 2 unspecified atom stereocenters. The average Bonchev–Trinajstić information content (AvgIpc) is 2.32. The van der Waals surface area contributed by atoms with Crippen LogP contribution in [0, 0.1) is 37.5 Å². The van der Waals surface area contributed by atoms with Crippen LogP contribution in [-0.2, 0) is 0 Å². The molecule has 0 aliphatic heterocycles. The van der Waals surface area contributed by atoms with E-state index in [-0.39, 0.29) is 0 Å². The normalized spacial score (nSPS) is 27.7. The van der Waals surface area contributed by atoms with Gasteiger partial charge in [-0.2, -0.15) is 0 Å². The molecule has 0 amide bonds. The van der Waals surface area contributed by atoms with Gasteiger partial charge < -0.3 is 0 Å². The second kappa shape index (κ2) is 6.99. The van der Waals surface area contributed by atoms with Crippen molar-refractivity contribution in [3.8, 4) is 0 Å². The van der Waals surface area contributed by atoms with Crippen LogP contribution < -0.4 is 0 Å². The largest absolute Gasteiger partial charge is 0.0649 e. The summed E-state index contributed by atoms with van der Waals surface area (Å²) in [6, 6.07) is 6.50. The highest BCUT2D eigenvalue weighted by Gasteiger charge is 2.38. The number of hydrogen-bond donors (Lipinski definition) is 0. The van der Waals surface area contributed by atoms with Gasteiger partial charge in [0.25, 0.3) is 0 Å². The van der Waals surface area contributed by atoms with E-state index in [4.69, 9.17) is 0 Å². The summed E-state index contributed by atoms with van der Waals surface area (Å²) in [6.45, 7) is 18.5. The molecule has 0 heterocycles. The van der Waals surface area contributed by atoms with E-state index in [0.29, 0.717) is 10.8 Å². The first-order chi connectivity index (χ1) is 9.57. The van der Waals surface area contributed by atoms with E-state index in [9.17, 15) is 0 Å². The van der Waals surface area contributed by atoms with Crippen LogP contribution in [0.2, 0.25) is 0 Å². The van der Waals surface area contributed by atoms with Crippen molar-refractivity contribution in [3.63, 3.8) is 0 Å². The van der Waals surface area contributed by atoms with Gasteiger partial charge in [-0.3, -0.25) is 0 Å². The first-order valence-corrected chi connectivity index (χ1v) is 8.61. The van der Waals surface area contributed by atoms with Crippen molar-refractivity contribution >= 4 is 0 Å². The van der Waals surface area contributed by atoms with Crippen molar-refractivity contribution in [1.29, 1.82) is 0 Å². The number of benzene rings is 1. The van der Waals surface area contributed by atoms with Gasteiger partial charge in [-0.25, -0.2) is 0 Å². The molecule has 0 saturated heterocycles. The Bertz CT molecular complexity index is 455. The highest BCUT2D eigenvalue weighted by Crippen LogP contribution is 2.49. The third kappa shape index (κ3) is 5.85. The second-order valence-corrected chi connectivity index (χ2v) is 8.61. The third-order valence-electron chi connectivity index (χ3n) is 5.16. The van der Waals surface area contributed by atoms with Crippen molar-refractivity contribution in [2.75, 3.05) is 0 Å². The number of aryl methyl sites for hydroxylation is 3. The molecule has 0 aromatic heterocycles. The van der Waals surface area contributed by atoms with Crippen molar-refractivity contribution in [2.45, 2.75) is 81.1 Å². The molecule has 2 rings (SSSR count). The van der Waals surface area contributed by atoms with Crippen LogP contribution in [0.1, 0.15) is 77.0 Å². The highest BCUT2D eigenvalue weighted by molar-refractivity contribution is 5.28. The zero-order valence-electron chi connectivity index (χ0n) is 15.6. The highest BCUT2D eigenvalue weighted by atomic mass is 14.4. The fourth-order valence-electron chi connectivity index (χ4n) is 4.32. The molecule has 1 aromatic carbocycles. The van der Waals surface area contributed by atoms with Gasteiger partial charge in [0.15, 0.2) is 0 Å². The Morgan fingerprint density at radius 2 is 1.62 bits per heavy atom. The molecule has 1 aliphatic rings. The molecular weight excluding hydrogens is 252 g/mol. The zero-order valence-corrected chi connectivity index (χ0v) is 15.6. The maximum atomic E-state index is 2.46. The van der Waals surface area contributed by atoms with E-state index in [1.165, 1.54) is 42.4 Å². The van der Waals surface area contributed by atoms with E-state index in [0.717, 1.165) is 5.92 Å². The summed E-state index contributed by atoms with van der Waals surface area (Å²) in [5.74, 6) is 0.929. The molecule has 0 N–H and O–H groups in total. The Morgan fingerprint density at radius 3 is 2.05 bits per heavy atom. The van der Waals surface area contributed by atoms with Crippen LogP contribution in [0.5, 0.6) is 0 Å². The van der Waals surface area contributed by atoms with Gasteiger partial charge in [0.05, 0.1) is 0 Å². The minimum atomic E-state index is 0.586. The summed E-state index contributed by atoms with van der Waals surface area (Å²) in [6.07, 6.45) is 5.62. The maximum Gasteiger partial charge on any atom is -0.0321 e. The van der Waals surface area contributed by atoms with Crippen LogP contribution in [0.3, 0.4) is 0 Å². The van der Waals surface area contributed by atoms with Gasteiger partial charge >= 0.3 is 0 Å². The van der Waals surface area contributed by atoms with E-state index < -0.39 is 0 Å². The summed E-state index contributed by atoms with van der Waals surface area (Å²) in [5, 5.41) is 0. The fourth-order valence-corrected chi connectivity index (χ4v) is 4.32. The Balaban J connectivity index is 0.000000219. The Kier molecular flexibility index (Phi) is 6.08.